The number of rotatable bonds is 7. The van der Waals surface area contributed by atoms with Crippen LogP contribution in [0.2, 0.25) is 5.02 Å². The maximum atomic E-state index is 13.7. The number of benzene rings is 2. The van der Waals surface area contributed by atoms with E-state index in [-0.39, 0.29) is 28.5 Å². The quantitative estimate of drug-likeness (QED) is 0.324. The van der Waals surface area contributed by atoms with Crippen LogP contribution in [-0.2, 0) is 9.53 Å². The Hall–Kier alpha value is -3.14. The van der Waals surface area contributed by atoms with Gasteiger partial charge in [0.2, 0.25) is 0 Å². The lowest BCUT2D eigenvalue weighted by Gasteiger charge is -2.24. The second-order valence-corrected chi connectivity index (χ2v) is 10.1. The summed E-state index contributed by atoms with van der Waals surface area (Å²) in [6, 6.07) is 9.62. The third-order valence-electron chi connectivity index (χ3n) is 5.42. The second kappa shape index (κ2) is 10.9. The van der Waals surface area contributed by atoms with Crippen LogP contribution in [0.25, 0.3) is 6.08 Å². The number of hydrogen-bond acceptors (Lipinski definition) is 7. The fourth-order valence-electron chi connectivity index (χ4n) is 3.85. The van der Waals surface area contributed by atoms with Gasteiger partial charge in [0.05, 0.1) is 33.5 Å². The van der Waals surface area contributed by atoms with Crippen LogP contribution >= 0.6 is 38.9 Å². The first-order valence-corrected chi connectivity index (χ1v) is 12.9. The van der Waals surface area contributed by atoms with Crippen LogP contribution in [0.5, 0.6) is 11.5 Å². The molecule has 0 saturated heterocycles. The summed E-state index contributed by atoms with van der Waals surface area (Å²) in [6.45, 7) is 7.63. The first-order chi connectivity index (χ1) is 17.2. The van der Waals surface area contributed by atoms with E-state index in [4.69, 9.17) is 21.1 Å². The summed E-state index contributed by atoms with van der Waals surface area (Å²) in [5.74, 6) is -0.0476. The Kier molecular flexibility index (Phi) is 7.82. The topological polar surface area (TPSA) is 90.1 Å². The molecule has 1 N–H and O–H groups in total. The summed E-state index contributed by atoms with van der Waals surface area (Å²) in [5, 5.41) is 10.6. The van der Waals surface area contributed by atoms with Crippen molar-refractivity contribution in [2.24, 2.45) is 4.99 Å². The summed E-state index contributed by atoms with van der Waals surface area (Å²) >= 11 is 10.6. The van der Waals surface area contributed by atoms with Gasteiger partial charge in [0, 0.05) is 10.0 Å². The Morgan fingerprint density at radius 1 is 1.33 bits per heavy atom. The number of esters is 1. The summed E-state index contributed by atoms with van der Waals surface area (Å²) < 4.78 is 13.3. The molecule has 10 heteroatoms. The number of carbonyl (C=O) groups excluding carboxylic acids is 1. The van der Waals surface area contributed by atoms with Crippen LogP contribution in [0.1, 0.15) is 31.0 Å². The van der Waals surface area contributed by atoms with Gasteiger partial charge >= 0.3 is 5.97 Å². The lowest BCUT2D eigenvalue weighted by atomic mass is 9.96. The lowest BCUT2D eigenvalue weighted by molar-refractivity contribution is -0.139. The number of thiazole rings is 1. The molecule has 2 heterocycles. The van der Waals surface area contributed by atoms with Crippen molar-refractivity contribution in [3.63, 3.8) is 0 Å². The van der Waals surface area contributed by atoms with E-state index in [1.54, 1.807) is 62.4 Å². The number of nitrogens with zero attached hydrogens (tertiary/aromatic N) is 2. The molecular weight excluding hydrogens is 568 g/mol. The van der Waals surface area contributed by atoms with Crippen molar-refractivity contribution in [2.45, 2.75) is 19.9 Å². The van der Waals surface area contributed by atoms with Gasteiger partial charge in [0.1, 0.15) is 18.1 Å². The molecule has 3 aromatic rings. The lowest BCUT2D eigenvalue weighted by Crippen LogP contribution is -2.39. The highest BCUT2D eigenvalue weighted by atomic mass is 79.9. The van der Waals surface area contributed by atoms with Gasteiger partial charge in [-0.2, -0.15) is 0 Å². The molecule has 1 atom stereocenters. The van der Waals surface area contributed by atoms with Crippen LogP contribution in [0.4, 0.5) is 0 Å². The molecule has 1 aromatic heterocycles. The number of aromatic hydroxyl groups is 1. The van der Waals surface area contributed by atoms with Crippen molar-refractivity contribution in [3.8, 4) is 11.5 Å². The van der Waals surface area contributed by atoms with E-state index >= 15 is 0 Å². The Morgan fingerprint density at radius 2 is 2.06 bits per heavy atom. The van der Waals surface area contributed by atoms with Crippen molar-refractivity contribution >= 4 is 50.9 Å². The minimum atomic E-state index is -0.754. The standard InChI is InChI=1S/C26H22BrClN2O5S/c1-4-10-35-18-8-6-15(7-9-18)22-21(25(33)34-5-2)14(3)29-26-30(22)24(32)20(36-26)12-16-11-17(27)13-19(28)23(16)31/h4,6-9,11-13,22,31H,1,5,10H2,2-3H3/b20-12-/t22-/m0/s1. The number of carbonyl (C=O) groups is 1. The second-order valence-electron chi connectivity index (χ2n) is 7.80. The highest BCUT2D eigenvalue weighted by Gasteiger charge is 2.33. The van der Waals surface area contributed by atoms with Crippen molar-refractivity contribution in [1.29, 1.82) is 0 Å². The molecule has 7 nitrogen and oxygen atoms in total. The number of ether oxygens (including phenoxy) is 2. The van der Waals surface area contributed by atoms with Gasteiger partial charge < -0.3 is 14.6 Å². The fraction of sp³-hybridized carbons (Fsp3) is 0.192. The van der Waals surface area contributed by atoms with Gasteiger partial charge in [-0.3, -0.25) is 9.36 Å². The molecule has 0 spiro atoms. The summed E-state index contributed by atoms with van der Waals surface area (Å²) in [4.78, 5) is 31.6. The first-order valence-electron chi connectivity index (χ1n) is 11.0. The molecule has 0 radical (unpaired) electrons. The number of aromatic nitrogens is 1. The predicted octanol–water partition coefficient (Wildman–Crippen LogP) is 4.48. The first kappa shape index (κ1) is 25.9. The van der Waals surface area contributed by atoms with Gasteiger partial charge in [-0.15, -0.1) is 0 Å². The van der Waals surface area contributed by atoms with Gasteiger partial charge in [-0.25, -0.2) is 9.79 Å². The van der Waals surface area contributed by atoms with Crippen molar-refractivity contribution < 1.29 is 19.4 Å². The zero-order valence-electron chi connectivity index (χ0n) is 19.5. The van der Waals surface area contributed by atoms with E-state index in [1.165, 1.54) is 4.57 Å². The van der Waals surface area contributed by atoms with E-state index in [0.717, 1.165) is 11.3 Å². The SMILES string of the molecule is C=CCOc1ccc([C@H]2C(C(=O)OCC)=C(C)N=c3s/c(=C\c4cc(Br)cc(Cl)c4O)c(=O)n32)cc1. The average molecular weight is 590 g/mol. The van der Waals surface area contributed by atoms with Crippen LogP contribution in [-0.4, -0.2) is 28.9 Å². The molecule has 0 bridgehead atoms. The number of allylic oxidation sites excluding steroid dienone is 1. The van der Waals surface area contributed by atoms with Crippen molar-refractivity contribution in [3.05, 3.63) is 101 Å². The monoisotopic (exact) mass is 588 g/mol. The Morgan fingerprint density at radius 3 is 2.72 bits per heavy atom. The fourth-order valence-corrected chi connectivity index (χ4v) is 5.72. The summed E-state index contributed by atoms with van der Waals surface area (Å²) in [5.41, 5.74) is 1.46. The van der Waals surface area contributed by atoms with Crippen molar-refractivity contribution in [2.75, 3.05) is 13.2 Å². The van der Waals surface area contributed by atoms with Gasteiger partial charge in [0.15, 0.2) is 4.80 Å². The van der Waals surface area contributed by atoms with Crippen LogP contribution in [0.3, 0.4) is 0 Å². The van der Waals surface area contributed by atoms with Gasteiger partial charge in [-0.1, -0.05) is 63.7 Å². The molecule has 4 rings (SSSR count). The molecule has 1 aliphatic rings. The summed E-state index contributed by atoms with van der Waals surface area (Å²) in [7, 11) is 0. The molecule has 186 valence electrons. The predicted molar refractivity (Wildman–Crippen MR) is 143 cm³/mol. The zero-order chi connectivity index (χ0) is 26.0. The van der Waals surface area contributed by atoms with E-state index in [0.29, 0.717) is 43.0 Å². The molecule has 36 heavy (non-hydrogen) atoms. The highest BCUT2D eigenvalue weighted by molar-refractivity contribution is 9.10. The molecule has 0 amide bonds. The molecule has 2 aromatic carbocycles. The van der Waals surface area contributed by atoms with Crippen LogP contribution < -0.4 is 19.6 Å². The molecule has 0 fully saturated rings. The Labute approximate surface area is 224 Å². The van der Waals surface area contributed by atoms with E-state index in [9.17, 15) is 14.7 Å². The smallest absolute Gasteiger partial charge is 0.338 e. The third kappa shape index (κ3) is 5.04. The minimum absolute atomic E-state index is 0.138. The maximum Gasteiger partial charge on any atom is 0.338 e. The highest BCUT2D eigenvalue weighted by Crippen LogP contribution is 2.33. The molecular formula is C26H22BrClN2O5S. The van der Waals surface area contributed by atoms with E-state index in [2.05, 4.69) is 27.5 Å². The molecule has 0 unspecified atom stereocenters. The summed E-state index contributed by atoms with van der Waals surface area (Å²) in [6.07, 6.45) is 3.20. The Balaban J connectivity index is 1.92. The normalized spacial score (nSPS) is 15.3. The maximum absolute atomic E-state index is 13.7. The van der Waals surface area contributed by atoms with E-state index in [1.807, 2.05) is 0 Å². The minimum Gasteiger partial charge on any atom is -0.506 e. The number of halogens is 2. The molecule has 1 aliphatic heterocycles. The Bertz CT molecular complexity index is 1560. The zero-order valence-corrected chi connectivity index (χ0v) is 22.6. The molecule has 0 aliphatic carbocycles. The number of phenols is 1. The average Bonchev–Trinajstić information content (AvgIpc) is 3.14. The number of hydrogen-bond donors (Lipinski definition) is 1. The van der Waals surface area contributed by atoms with E-state index < -0.39 is 12.0 Å². The molecule has 0 saturated carbocycles. The van der Waals surface area contributed by atoms with Crippen LogP contribution in [0.15, 0.2) is 74.6 Å². The largest absolute Gasteiger partial charge is 0.506 e. The third-order valence-corrected chi connectivity index (χ3v) is 7.15. The van der Waals surface area contributed by atoms with Crippen LogP contribution in [0, 0.1) is 0 Å². The number of fused-ring (bicyclic) bond motifs is 1. The number of phenolic OH excluding ortho intramolecular Hbond substituents is 1. The van der Waals surface area contributed by atoms with Gasteiger partial charge in [0.25, 0.3) is 5.56 Å². The van der Waals surface area contributed by atoms with Crippen molar-refractivity contribution in [1.82, 2.24) is 4.57 Å². The van der Waals surface area contributed by atoms with Gasteiger partial charge in [-0.05, 0) is 49.8 Å².